The lowest BCUT2D eigenvalue weighted by Gasteiger charge is -2.34. The van der Waals surface area contributed by atoms with Gasteiger partial charge in [0.05, 0.1) is 24.5 Å². The van der Waals surface area contributed by atoms with Gasteiger partial charge in [0.2, 0.25) is 0 Å². The summed E-state index contributed by atoms with van der Waals surface area (Å²) in [4.78, 5) is 18.6. The van der Waals surface area contributed by atoms with Crippen LogP contribution in [0.4, 0.5) is 10.6 Å². The van der Waals surface area contributed by atoms with Crippen LogP contribution in [-0.2, 0) is 6.54 Å². The van der Waals surface area contributed by atoms with Crippen molar-refractivity contribution in [2.24, 2.45) is 5.92 Å². The smallest absolute Gasteiger partial charge is 0.323 e. The van der Waals surface area contributed by atoms with E-state index in [1.165, 1.54) is 0 Å². The first-order valence-corrected chi connectivity index (χ1v) is 8.29. The summed E-state index contributed by atoms with van der Waals surface area (Å²) in [6, 6.07) is 7.34. The highest BCUT2D eigenvalue weighted by molar-refractivity contribution is 5.88. The molecule has 0 bridgehead atoms. The molecule has 1 aliphatic heterocycles. The van der Waals surface area contributed by atoms with E-state index in [2.05, 4.69) is 15.4 Å². The highest BCUT2D eigenvalue weighted by Crippen LogP contribution is 2.20. The van der Waals surface area contributed by atoms with E-state index in [0.717, 1.165) is 18.5 Å². The second-order valence-corrected chi connectivity index (χ2v) is 6.21. The molecular formula is C17H23N5O2. The van der Waals surface area contributed by atoms with Crippen molar-refractivity contribution in [1.82, 2.24) is 19.7 Å². The van der Waals surface area contributed by atoms with Crippen LogP contribution in [0, 0.1) is 5.92 Å². The molecule has 2 unspecified atom stereocenters. The van der Waals surface area contributed by atoms with Crippen molar-refractivity contribution in [2.45, 2.75) is 32.4 Å². The van der Waals surface area contributed by atoms with Gasteiger partial charge in [0.15, 0.2) is 0 Å². The first-order chi connectivity index (χ1) is 11.6. The van der Waals surface area contributed by atoms with Gasteiger partial charge in [0, 0.05) is 31.3 Å². The van der Waals surface area contributed by atoms with E-state index >= 15 is 0 Å². The Bertz CT molecular complexity index is 671. The van der Waals surface area contributed by atoms with Gasteiger partial charge in [-0.2, -0.15) is 5.10 Å². The number of aliphatic hydroxyl groups excluding tert-OH is 1. The van der Waals surface area contributed by atoms with Crippen molar-refractivity contribution in [3.63, 3.8) is 0 Å². The topological polar surface area (TPSA) is 83.3 Å². The number of aromatic nitrogens is 3. The summed E-state index contributed by atoms with van der Waals surface area (Å²) < 4.78 is 1.72. The Kier molecular flexibility index (Phi) is 5.10. The second-order valence-electron chi connectivity index (χ2n) is 6.21. The minimum absolute atomic E-state index is 0.142. The van der Waals surface area contributed by atoms with Crippen molar-refractivity contribution in [3.05, 3.63) is 42.4 Å². The van der Waals surface area contributed by atoms with Crippen LogP contribution in [0.3, 0.4) is 0 Å². The number of hydrogen-bond acceptors (Lipinski definition) is 4. The predicted octanol–water partition coefficient (Wildman–Crippen LogP) is 1.95. The molecule has 2 aromatic rings. The molecule has 24 heavy (non-hydrogen) atoms. The zero-order valence-electron chi connectivity index (χ0n) is 13.8. The molecule has 0 spiro atoms. The molecule has 2 N–H and O–H groups in total. The Labute approximate surface area is 141 Å². The molecule has 2 aromatic heterocycles. The number of likely N-dealkylation sites (tertiary alicyclic amines) is 1. The number of urea groups is 1. The van der Waals surface area contributed by atoms with Crippen LogP contribution in [-0.4, -0.2) is 50.0 Å². The zero-order valence-corrected chi connectivity index (χ0v) is 13.8. The Morgan fingerprint density at radius 1 is 1.42 bits per heavy atom. The summed E-state index contributed by atoms with van der Waals surface area (Å²) in [5.74, 6) is 0.785. The number of aliphatic hydroxyl groups is 1. The van der Waals surface area contributed by atoms with E-state index < -0.39 is 6.10 Å². The van der Waals surface area contributed by atoms with Crippen molar-refractivity contribution >= 4 is 11.8 Å². The third-order valence-corrected chi connectivity index (χ3v) is 4.42. The summed E-state index contributed by atoms with van der Waals surface area (Å²) >= 11 is 0. The highest BCUT2D eigenvalue weighted by Gasteiger charge is 2.26. The van der Waals surface area contributed by atoms with Crippen molar-refractivity contribution in [1.29, 1.82) is 0 Å². The number of piperidine rings is 1. The second kappa shape index (κ2) is 7.44. The van der Waals surface area contributed by atoms with E-state index in [4.69, 9.17) is 0 Å². The Balaban J connectivity index is 1.64. The molecule has 0 radical (unpaired) electrons. The molecule has 3 rings (SSSR count). The van der Waals surface area contributed by atoms with Crippen LogP contribution in [0.2, 0.25) is 0 Å². The first-order valence-electron chi connectivity index (χ1n) is 8.29. The molecule has 1 fully saturated rings. The molecule has 0 aromatic carbocycles. The molecule has 0 aliphatic carbocycles. The van der Waals surface area contributed by atoms with Crippen LogP contribution in [0.15, 0.2) is 36.7 Å². The zero-order chi connectivity index (χ0) is 16.9. The minimum atomic E-state index is -0.393. The number of carbonyl (C=O) groups excluding carboxylic acids is 1. The maximum Gasteiger partial charge on any atom is 0.323 e. The predicted molar refractivity (Wildman–Crippen MR) is 90.6 cm³/mol. The van der Waals surface area contributed by atoms with Gasteiger partial charge in [0.1, 0.15) is 5.82 Å². The molecule has 0 saturated carbocycles. The Hall–Kier alpha value is -2.41. The molecule has 7 heteroatoms. The third-order valence-electron chi connectivity index (χ3n) is 4.42. The van der Waals surface area contributed by atoms with Crippen molar-refractivity contribution in [2.75, 3.05) is 18.4 Å². The lowest BCUT2D eigenvalue weighted by molar-refractivity contribution is 0.0765. The van der Waals surface area contributed by atoms with Crippen LogP contribution in [0.5, 0.6) is 0 Å². The number of nitrogens with one attached hydrogen (secondary N) is 1. The SMILES string of the molecule is CC(O)C1CCCN(C(=O)Nc2ccnn2Cc2ccccn2)C1. The number of pyridine rings is 1. The molecule has 1 aliphatic rings. The lowest BCUT2D eigenvalue weighted by Crippen LogP contribution is -2.45. The highest BCUT2D eigenvalue weighted by atomic mass is 16.3. The summed E-state index contributed by atoms with van der Waals surface area (Å²) in [6.45, 7) is 3.58. The number of amides is 2. The average Bonchev–Trinajstić information content (AvgIpc) is 3.02. The fourth-order valence-electron chi connectivity index (χ4n) is 2.99. The molecule has 2 amide bonds. The quantitative estimate of drug-likeness (QED) is 0.898. The number of nitrogens with zero attached hydrogens (tertiary/aromatic N) is 4. The van der Waals surface area contributed by atoms with Gasteiger partial charge in [-0.05, 0) is 31.9 Å². The monoisotopic (exact) mass is 329 g/mol. The summed E-state index contributed by atoms with van der Waals surface area (Å²) in [6.07, 6.45) is 4.87. The number of carbonyl (C=O) groups is 1. The van der Waals surface area contributed by atoms with Crippen molar-refractivity contribution in [3.8, 4) is 0 Å². The van der Waals surface area contributed by atoms with E-state index in [0.29, 0.717) is 25.5 Å². The fraction of sp³-hybridized carbons (Fsp3) is 0.471. The van der Waals surface area contributed by atoms with Crippen LogP contribution in [0.1, 0.15) is 25.5 Å². The van der Waals surface area contributed by atoms with Gasteiger partial charge in [0.25, 0.3) is 0 Å². The van der Waals surface area contributed by atoms with Gasteiger partial charge < -0.3 is 10.0 Å². The third kappa shape index (κ3) is 3.91. The molecule has 1 saturated heterocycles. The first kappa shape index (κ1) is 16.4. The normalized spacial score (nSPS) is 19.1. The van der Waals surface area contributed by atoms with Gasteiger partial charge in [-0.15, -0.1) is 0 Å². The van der Waals surface area contributed by atoms with E-state index in [1.54, 1.807) is 35.0 Å². The lowest BCUT2D eigenvalue weighted by atomic mass is 9.94. The Morgan fingerprint density at radius 2 is 2.29 bits per heavy atom. The maximum atomic E-state index is 12.5. The molecule has 3 heterocycles. The summed E-state index contributed by atoms with van der Waals surface area (Å²) in [5, 5.41) is 16.9. The molecule has 2 atom stereocenters. The minimum Gasteiger partial charge on any atom is -0.393 e. The van der Waals surface area contributed by atoms with Crippen LogP contribution in [0.25, 0.3) is 0 Å². The van der Waals surface area contributed by atoms with Gasteiger partial charge in [-0.3, -0.25) is 10.3 Å². The Morgan fingerprint density at radius 3 is 3.04 bits per heavy atom. The van der Waals surface area contributed by atoms with E-state index in [9.17, 15) is 9.90 Å². The molecule has 128 valence electrons. The van der Waals surface area contributed by atoms with Gasteiger partial charge in [-0.25, -0.2) is 9.48 Å². The number of rotatable bonds is 4. The summed E-state index contributed by atoms with van der Waals surface area (Å²) in [5.41, 5.74) is 0.879. The molecule has 7 nitrogen and oxygen atoms in total. The molecular weight excluding hydrogens is 306 g/mol. The summed E-state index contributed by atoms with van der Waals surface area (Å²) in [7, 11) is 0. The van der Waals surface area contributed by atoms with E-state index in [-0.39, 0.29) is 11.9 Å². The standard InChI is InChI=1S/C17H23N5O2/c1-13(23)14-5-4-10-21(11-14)17(24)20-16-7-9-19-22(16)12-15-6-2-3-8-18-15/h2-3,6-9,13-14,23H,4-5,10-12H2,1H3,(H,20,24). The van der Waals surface area contributed by atoms with Crippen LogP contribution >= 0.6 is 0 Å². The maximum absolute atomic E-state index is 12.5. The largest absolute Gasteiger partial charge is 0.393 e. The van der Waals surface area contributed by atoms with Crippen LogP contribution < -0.4 is 5.32 Å². The fourth-order valence-corrected chi connectivity index (χ4v) is 2.99. The van der Waals surface area contributed by atoms with Crippen molar-refractivity contribution < 1.29 is 9.90 Å². The van der Waals surface area contributed by atoms with Gasteiger partial charge in [-0.1, -0.05) is 6.07 Å². The van der Waals surface area contributed by atoms with Gasteiger partial charge >= 0.3 is 6.03 Å². The average molecular weight is 329 g/mol. The number of hydrogen-bond donors (Lipinski definition) is 2. The number of anilines is 1. The van der Waals surface area contributed by atoms with E-state index in [1.807, 2.05) is 18.2 Å².